The van der Waals surface area contributed by atoms with Crippen LogP contribution in [0.15, 0.2) is 0 Å². The third-order valence-electron chi connectivity index (χ3n) is 1.88. The van der Waals surface area contributed by atoms with Crippen molar-refractivity contribution in [3.63, 3.8) is 0 Å². The van der Waals surface area contributed by atoms with Gasteiger partial charge in [0.1, 0.15) is 0 Å². The van der Waals surface area contributed by atoms with Crippen molar-refractivity contribution in [2.24, 2.45) is 5.92 Å². The second-order valence-corrected chi connectivity index (χ2v) is 3.19. The summed E-state index contributed by atoms with van der Waals surface area (Å²) in [5.41, 5.74) is 0. The quantitative estimate of drug-likeness (QED) is 0.590. The molecule has 0 aromatic rings. The summed E-state index contributed by atoms with van der Waals surface area (Å²) in [6.07, 6.45) is 5.25. The molecule has 12 heavy (non-hydrogen) atoms. The van der Waals surface area contributed by atoms with Crippen LogP contribution in [0.3, 0.4) is 0 Å². The Morgan fingerprint density at radius 1 is 1.58 bits per heavy atom. The van der Waals surface area contributed by atoms with E-state index in [1.165, 1.54) is 0 Å². The summed E-state index contributed by atoms with van der Waals surface area (Å²) in [6.45, 7) is 8.32. The molecule has 0 aliphatic heterocycles. The van der Waals surface area contributed by atoms with E-state index in [1.54, 1.807) is 0 Å². The summed E-state index contributed by atoms with van der Waals surface area (Å²) < 4.78 is 0. The number of rotatable bonds is 6. The van der Waals surface area contributed by atoms with E-state index in [4.69, 9.17) is 6.42 Å². The second-order valence-electron chi connectivity index (χ2n) is 3.19. The smallest absolute Gasteiger partial charge is 0.0598 e. The van der Waals surface area contributed by atoms with Gasteiger partial charge in [0.05, 0.1) is 6.54 Å². The predicted molar refractivity (Wildman–Crippen MR) is 54.0 cm³/mol. The summed E-state index contributed by atoms with van der Waals surface area (Å²) in [5, 5.41) is 3.16. The molecular formula is C10H20N2. The zero-order valence-electron chi connectivity index (χ0n) is 8.43. The van der Waals surface area contributed by atoms with Crippen LogP contribution in [0.1, 0.15) is 13.8 Å². The minimum absolute atomic E-state index is 0.670. The van der Waals surface area contributed by atoms with Crippen molar-refractivity contribution in [2.45, 2.75) is 13.8 Å². The van der Waals surface area contributed by atoms with E-state index in [9.17, 15) is 0 Å². The van der Waals surface area contributed by atoms with Crippen LogP contribution in [0.2, 0.25) is 0 Å². The molecule has 0 radical (unpaired) electrons. The van der Waals surface area contributed by atoms with E-state index in [0.717, 1.165) is 26.2 Å². The second kappa shape index (κ2) is 7.15. The number of terminal acetylenes is 1. The van der Waals surface area contributed by atoms with Crippen molar-refractivity contribution >= 4 is 0 Å². The van der Waals surface area contributed by atoms with E-state index in [0.29, 0.717) is 5.92 Å². The molecule has 1 unspecified atom stereocenters. The standard InChI is InChI=1S/C10H20N2/c1-5-7-12(6-2)9-10(3)8-11-4/h1,10-11H,6-9H2,2-4H3. The lowest BCUT2D eigenvalue weighted by Gasteiger charge is -2.21. The fourth-order valence-electron chi connectivity index (χ4n) is 1.29. The van der Waals surface area contributed by atoms with E-state index in [2.05, 4.69) is 30.0 Å². The third-order valence-corrected chi connectivity index (χ3v) is 1.88. The highest BCUT2D eigenvalue weighted by atomic mass is 15.1. The predicted octanol–water partition coefficient (Wildman–Crippen LogP) is 0.797. The largest absolute Gasteiger partial charge is 0.319 e. The molecule has 2 nitrogen and oxygen atoms in total. The SMILES string of the molecule is C#CCN(CC)CC(C)CNC. The molecule has 0 aromatic carbocycles. The molecule has 0 saturated carbocycles. The Kier molecular flexibility index (Phi) is 6.84. The highest BCUT2D eigenvalue weighted by Crippen LogP contribution is 1.97. The molecule has 1 atom stereocenters. The fraction of sp³-hybridized carbons (Fsp3) is 0.800. The van der Waals surface area contributed by atoms with E-state index in [1.807, 2.05) is 7.05 Å². The molecule has 0 saturated heterocycles. The van der Waals surface area contributed by atoms with Crippen LogP contribution in [0.4, 0.5) is 0 Å². The number of nitrogens with zero attached hydrogens (tertiary/aromatic N) is 1. The average Bonchev–Trinajstić information content (AvgIpc) is 2.04. The van der Waals surface area contributed by atoms with Gasteiger partial charge in [0, 0.05) is 6.54 Å². The lowest BCUT2D eigenvalue weighted by molar-refractivity contribution is 0.274. The van der Waals surface area contributed by atoms with Crippen LogP contribution in [0, 0.1) is 18.3 Å². The Balaban J connectivity index is 3.62. The van der Waals surface area contributed by atoms with Gasteiger partial charge in [0.2, 0.25) is 0 Å². The third kappa shape index (κ3) is 5.17. The van der Waals surface area contributed by atoms with E-state index >= 15 is 0 Å². The van der Waals surface area contributed by atoms with Gasteiger partial charge in [-0.1, -0.05) is 19.8 Å². The molecular weight excluding hydrogens is 148 g/mol. The van der Waals surface area contributed by atoms with Gasteiger partial charge in [-0.2, -0.15) is 0 Å². The molecule has 0 bridgehead atoms. The molecule has 1 N–H and O–H groups in total. The zero-order chi connectivity index (χ0) is 9.40. The van der Waals surface area contributed by atoms with E-state index in [-0.39, 0.29) is 0 Å². The summed E-state index contributed by atoms with van der Waals surface area (Å²) in [7, 11) is 1.98. The normalized spacial score (nSPS) is 12.9. The maximum Gasteiger partial charge on any atom is 0.0598 e. The number of nitrogens with one attached hydrogen (secondary N) is 1. The van der Waals surface area contributed by atoms with Crippen LogP contribution in [0.25, 0.3) is 0 Å². The van der Waals surface area contributed by atoms with Gasteiger partial charge in [0.15, 0.2) is 0 Å². The van der Waals surface area contributed by atoms with Gasteiger partial charge in [-0.3, -0.25) is 4.90 Å². The maximum atomic E-state index is 5.25. The van der Waals surface area contributed by atoms with Crippen molar-refractivity contribution in [1.29, 1.82) is 0 Å². The van der Waals surface area contributed by atoms with Crippen molar-refractivity contribution < 1.29 is 0 Å². The summed E-state index contributed by atoms with van der Waals surface area (Å²) in [4.78, 5) is 2.28. The van der Waals surface area contributed by atoms with Crippen molar-refractivity contribution in [2.75, 3.05) is 33.2 Å². The Morgan fingerprint density at radius 2 is 2.25 bits per heavy atom. The lowest BCUT2D eigenvalue weighted by atomic mass is 10.1. The fourth-order valence-corrected chi connectivity index (χ4v) is 1.29. The van der Waals surface area contributed by atoms with Gasteiger partial charge < -0.3 is 5.32 Å². The molecule has 0 aliphatic rings. The molecule has 70 valence electrons. The number of hydrogen-bond acceptors (Lipinski definition) is 2. The monoisotopic (exact) mass is 168 g/mol. The van der Waals surface area contributed by atoms with Crippen LogP contribution < -0.4 is 5.32 Å². The molecule has 0 rings (SSSR count). The van der Waals surface area contributed by atoms with Gasteiger partial charge in [0.25, 0.3) is 0 Å². The van der Waals surface area contributed by atoms with Crippen LogP contribution in [-0.4, -0.2) is 38.1 Å². The Bertz CT molecular complexity index is 137. The average molecular weight is 168 g/mol. The Morgan fingerprint density at radius 3 is 2.67 bits per heavy atom. The van der Waals surface area contributed by atoms with Crippen molar-refractivity contribution in [1.82, 2.24) is 10.2 Å². The summed E-state index contributed by atoms with van der Waals surface area (Å²) >= 11 is 0. The van der Waals surface area contributed by atoms with Gasteiger partial charge in [-0.05, 0) is 26.1 Å². The molecule has 0 aromatic heterocycles. The van der Waals surface area contributed by atoms with Gasteiger partial charge in [-0.15, -0.1) is 6.42 Å². The van der Waals surface area contributed by atoms with Crippen molar-refractivity contribution in [3.8, 4) is 12.3 Å². The minimum atomic E-state index is 0.670. The molecule has 0 aliphatic carbocycles. The lowest BCUT2D eigenvalue weighted by Crippen LogP contribution is -2.32. The molecule has 0 spiro atoms. The first-order valence-corrected chi connectivity index (χ1v) is 4.55. The van der Waals surface area contributed by atoms with Gasteiger partial charge in [-0.25, -0.2) is 0 Å². The molecule has 0 heterocycles. The Labute approximate surface area is 76.3 Å². The minimum Gasteiger partial charge on any atom is -0.319 e. The molecule has 2 heteroatoms. The Hall–Kier alpha value is -0.520. The van der Waals surface area contributed by atoms with Crippen LogP contribution >= 0.6 is 0 Å². The number of hydrogen-bond donors (Lipinski definition) is 1. The van der Waals surface area contributed by atoms with Gasteiger partial charge >= 0.3 is 0 Å². The maximum absolute atomic E-state index is 5.25. The first-order valence-electron chi connectivity index (χ1n) is 4.55. The first kappa shape index (κ1) is 11.5. The molecule has 0 fully saturated rings. The first-order chi connectivity index (χ1) is 5.74. The highest BCUT2D eigenvalue weighted by molar-refractivity contribution is 4.88. The van der Waals surface area contributed by atoms with Crippen molar-refractivity contribution in [3.05, 3.63) is 0 Å². The zero-order valence-corrected chi connectivity index (χ0v) is 8.43. The highest BCUT2D eigenvalue weighted by Gasteiger charge is 2.05. The topological polar surface area (TPSA) is 15.3 Å². The van der Waals surface area contributed by atoms with Crippen LogP contribution in [0.5, 0.6) is 0 Å². The summed E-state index contributed by atoms with van der Waals surface area (Å²) in [6, 6.07) is 0. The molecule has 0 amide bonds. The van der Waals surface area contributed by atoms with Crippen LogP contribution in [-0.2, 0) is 0 Å². The van der Waals surface area contributed by atoms with E-state index < -0.39 is 0 Å². The summed E-state index contributed by atoms with van der Waals surface area (Å²) in [5.74, 6) is 3.34.